The fourth-order valence-electron chi connectivity index (χ4n) is 2.65. The third-order valence-corrected chi connectivity index (χ3v) is 3.58. The van der Waals surface area contributed by atoms with Crippen LogP contribution in [0.2, 0.25) is 0 Å². The van der Waals surface area contributed by atoms with Gasteiger partial charge in [0.1, 0.15) is 11.4 Å². The van der Waals surface area contributed by atoms with Crippen molar-refractivity contribution in [2.75, 3.05) is 7.11 Å². The van der Waals surface area contributed by atoms with E-state index in [9.17, 15) is 9.59 Å². The van der Waals surface area contributed by atoms with Crippen molar-refractivity contribution in [1.29, 1.82) is 0 Å². The predicted octanol–water partition coefficient (Wildman–Crippen LogP) is 2.91. The third-order valence-electron chi connectivity index (χ3n) is 3.58. The van der Waals surface area contributed by atoms with Crippen molar-refractivity contribution in [3.63, 3.8) is 0 Å². The largest absolute Gasteiger partial charge is 0.497 e. The molecule has 124 valence electrons. The molecule has 0 saturated heterocycles. The second-order valence-electron chi connectivity index (χ2n) is 6.62. The molecule has 0 bridgehead atoms. The summed E-state index contributed by atoms with van der Waals surface area (Å²) < 4.78 is 10.8. The number of hydrogen-bond acceptors (Lipinski definition) is 4. The van der Waals surface area contributed by atoms with Crippen LogP contribution in [0.4, 0.5) is 0 Å². The maximum Gasteiger partial charge on any atom is 0.336 e. The Bertz CT molecular complexity index is 655. The summed E-state index contributed by atoms with van der Waals surface area (Å²) in [6, 6.07) is 7.42. The second kappa shape index (κ2) is 6.44. The number of allylic oxidation sites excluding steroid dienone is 1. The standard InChI is InChI=1S/C18H23NO4/c1-11-16(17(21)23-18(2,3)4)14(10-15(20)19-11)12-7-6-8-13(9-12)22-5/h6-9,14H,10H2,1-5H3,(H,19,20)/t14-/m0/s1. The Morgan fingerprint density at radius 2 is 2.00 bits per heavy atom. The fraction of sp³-hybridized carbons (Fsp3) is 0.444. The number of methoxy groups -OCH3 is 1. The van der Waals surface area contributed by atoms with Crippen molar-refractivity contribution in [2.24, 2.45) is 0 Å². The first kappa shape index (κ1) is 17.1. The summed E-state index contributed by atoms with van der Waals surface area (Å²) in [6.07, 6.45) is 0.207. The number of carbonyl (C=O) groups excluding carboxylic acids is 2. The molecule has 1 aromatic rings. The van der Waals surface area contributed by atoms with E-state index in [0.717, 1.165) is 5.56 Å². The summed E-state index contributed by atoms with van der Waals surface area (Å²) >= 11 is 0. The van der Waals surface area contributed by atoms with E-state index in [0.29, 0.717) is 17.0 Å². The van der Waals surface area contributed by atoms with Crippen molar-refractivity contribution in [3.8, 4) is 5.75 Å². The summed E-state index contributed by atoms with van der Waals surface area (Å²) in [6.45, 7) is 7.19. The number of esters is 1. The molecule has 0 radical (unpaired) electrons. The number of rotatable bonds is 3. The lowest BCUT2D eigenvalue weighted by molar-refractivity contribution is -0.150. The average molecular weight is 317 g/mol. The molecule has 1 aliphatic heterocycles. The summed E-state index contributed by atoms with van der Waals surface area (Å²) in [5.74, 6) is -0.158. The van der Waals surface area contributed by atoms with Crippen LogP contribution in [0.3, 0.4) is 0 Å². The van der Waals surface area contributed by atoms with Gasteiger partial charge in [0.05, 0.1) is 12.7 Å². The zero-order valence-corrected chi connectivity index (χ0v) is 14.2. The van der Waals surface area contributed by atoms with Crippen molar-refractivity contribution < 1.29 is 19.1 Å². The Morgan fingerprint density at radius 3 is 2.61 bits per heavy atom. The van der Waals surface area contributed by atoms with E-state index in [1.54, 1.807) is 14.0 Å². The molecule has 23 heavy (non-hydrogen) atoms. The van der Waals surface area contributed by atoms with Gasteiger partial charge < -0.3 is 14.8 Å². The maximum absolute atomic E-state index is 12.6. The molecule has 5 heteroatoms. The first-order valence-corrected chi connectivity index (χ1v) is 7.59. The van der Waals surface area contributed by atoms with Gasteiger partial charge in [-0.3, -0.25) is 4.79 Å². The van der Waals surface area contributed by atoms with Crippen LogP contribution in [0.1, 0.15) is 45.6 Å². The molecule has 0 saturated carbocycles. The Labute approximate surface area is 136 Å². The smallest absolute Gasteiger partial charge is 0.336 e. The molecule has 1 aromatic carbocycles. The normalized spacial score (nSPS) is 18.5. The maximum atomic E-state index is 12.6. The van der Waals surface area contributed by atoms with E-state index >= 15 is 0 Å². The van der Waals surface area contributed by atoms with Crippen LogP contribution in [-0.4, -0.2) is 24.6 Å². The monoisotopic (exact) mass is 317 g/mol. The van der Waals surface area contributed by atoms with Crippen LogP contribution in [0.25, 0.3) is 0 Å². The molecule has 0 fully saturated rings. The van der Waals surface area contributed by atoms with Crippen molar-refractivity contribution >= 4 is 11.9 Å². The van der Waals surface area contributed by atoms with Gasteiger partial charge in [0.25, 0.3) is 0 Å². The number of amides is 1. The van der Waals surface area contributed by atoms with Gasteiger partial charge >= 0.3 is 5.97 Å². The van der Waals surface area contributed by atoms with E-state index in [4.69, 9.17) is 9.47 Å². The molecule has 1 heterocycles. The predicted molar refractivity (Wildman–Crippen MR) is 87.0 cm³/mol. The van der Waals surface area contributed by atoms with Crippen molar-refractivity contribution in [3.05, 3.63) is 41.1 Å². The first-order chi connectivity index (χ1) is 10.7. The van der Waals surface area contributed by atoms with E-state index in [2.05, 4.69) is 5.32 Å². The molecule has 2 rings (SSSR count). The highest BCUT2D eigenvalue weighted by molar-refractivity contribution is 5.96. The van der Waals surface area contributed by atoms with E-state index in [-0.39, 0.29) is 18.2 Å². The highest BCUT2D eigenvalue weighted by Gasteiger charge is 2.34. The van der Waals surface area contributed by atoms with Crippen LogP contribution >= 0.6 is 0 Å². The number of nitrogens with one attached hydrogen (secondary N) is 1. The average Bonchev–Trinajstić information content (AvgIpc) is 2.44. The molecule has 0 spiro atoms. The van der Waals surface area contributed by atoms with Crippen LogP contribution in [0, 0.1) is 0 Å². The fourth-order valence-corrected chi connectivity index (χ4v) is 2.65. The minimum absolute atomic E-state index is 0.109. The molecule has 1 N–H and O–H groups in total. The minimum atomic E-state index is -0.593. The first-order valence-electron chi connectivity index (χ1n) is 7.59. The quantitative estimate of drug-likeness (QED) is 0.871. The number of hydrogen-bond donors (Lipinski definition) is 1. The van der Waals surface area contributed by atoms with Gasteiger partial charge in [-0.15, -0.1) is 0 Å². The Kier molecular flexibility index (Phi) is 4.78. The lowest BCUT2D eigenvalue weighted by atomic mass is 9.84. The molecule has 0 unspecified atom stereocenters. The highest BCUT2D eigenvalue weighted by atomic mass is 16.6. The lowest BCUT2D eigenvalue weighted by Gasteiger charge is -2.29. The molecule has 0 aromatic heterocycles. The Balaban J connectivity index is 2.43. The molecule has 1 aliphatic rings. The molecule has 1 amide bonds. The van der Waals surface area contributed by atoms with Gasteiger partial charge in [0.2, 0.25) is 5.91 Å². The van der Waals surface area contributed by atoms with Crippen molar-refractivity contribution in [2.45, 2.75) is 45.6 Å². The van der Waals surface area contributed by atoms with Gasteiger partial charge in [-0.05, 0) is 45.4 Å². The Hall–Kier alpha value is -2.30. The number of benzene rings is 1. The highest BCUT2D eigenvalue weighted by Crippen LogP contribution is 2.35. The summed E-state index contributed by atoms with van der Waals surface area (Å²) in [5, 5.41) is 2.73. The van der Waals surface area contributed by atoms with Crippen molar-refractivity contribution in [1.82, 2.24) is 5.32 Å². The van der Waals surface area contributed by atoms with Crippen LogP contribution in [-0.2, 0) is 14.3 Å². The van der Waals surface area contributed by atoms with E-state index in [1.165, 1.54) is 0 Å². The third kappa shape index (κ3) is 4.12. The van der Waals surface area contributed by atoms with Crippen LogP contribution in [0.15, 0.2) is 35.5 Å². The lowest BCUT2D eigenvalue weighted by Crippen LogP contribution is -2.36. The van der Waals surface area contributed by atoms with E-state index < -0.39 is 11.6 Å². The molecule has 5 nitrogen and oxygen atoms in total. The van der Waals surface area contributed by atoms with Gasteiger partial charge in [-0.1, -0.05) is 12.1 Å². The summed E-state index contributed by atoms with van der Waals surface area (Å²) in [5.41, 5.74) is 1.31. The van der Waals surface area contributed by atoms with Gasteiger partial charge in [-0.2, -0.15) is 0 Å². The molecular weight excluding hydrogens is 294 g/mol. The van der Waals surface area contributed by atoms with Crippen LogP contribution < -0.4 is 10.1 Å². The molecule has 0 aliphatic carbocycles. The number of ether oxygens (including phenoxy) is 2. The molecule has 1 atom stereocenters. The topological polar surface area (TPSA) is 64.6 Å². The van der Waals surface area contributed by atoms with Gasteiger partial charge in [0.15, 0.2) is 0 Å². The van der Waals surface area contributed by atoms with Gasteiger partial charge in [0, 0.05) is 18.0 Å². The zero-order valence-electron chi connectivity index (χ0n) is 14.2. The van der Waals surface area contributed by atoms with Gasteiger partial charge in [-0.25, -0.2) is 4.79 Å². The number of carbonyl (C=O) groups is 2. The van der Waals surface area contributed by atoms with Crippen LogP contribution in [0.5, 0.6) is 5.75 Å². The minimum Gasteiger partial charge on any atom is -0.497 e. The second-order valence-corrected chi connectivity index (χ2v) is 6.62. The Morgan fingerprint density at radius 1 is 1.30 bits per heavy atom. The SMILES string of the molecule is COc1cccc([C@@H]2CC(=O)NC(C)=C2C(=O)OC(C)(C)C)c1. The molecular formula is C18H23NO4. The summed E-state index contributed by atoms with van der Waals surface area (Å²) in [7, 11) is 1.59. The summed E-state index contributed by atoms with van der Waals surface area (Å²) in [4.78, 5) is 24.5. The zero-order chi connectivity index (χ0) is 17.2. The van der Waals surface area contributed by atoms with E-state index in [1.807, 2.05) is 45.0 Å².